The summed E-state index contributed by atoms with van der Waals surface area (Å²) in [6.07, 6.45) is 1.77. The molecule has 2 aromatic heterocycles. The lowest BCUT2D eigenvalue weighted by Crippen LogP contribution is -2.33. The van der Waals surface area contributed by atoms with Gasteiger partial charge in [-0.05, 0) is 36.9 Å². The molecule has 2 rings (SSSR count). The molecule has 8 heteroatoms. The molecule has 2 N–H and O–H groups in total. The highest BCUT2D eigenvalue weighted by atomic mass is 32.2. The van der Waals surface area contributed by atoms with E-state index in [1.807, 2.05) is 20.0 Å². The van der Waals surface area contributed by atoms with E-state index < -0.39 is 11.1 Å². The minimum atomic E-state index is -0.796. The second-order valence-corrected chi connectivity index (χ2v) is 5.25. The summed E-state index contributed by atoms with van der Waals surface area (Å²) in [4.78, 5) is 30.5. The Kier molecular flexibility index (Phi) is 4.35. The zero-order valence-corrected chi connectivity index (χ0v) is 12.2. The van der Waals surface area contributed by atoms with Crippen LogP contribution in [0.4, 0.5) is 0 Å². The number of aromatic amines is 1. The van der Waals surface area contributed by atoms with E-state index in [2.05, 4.69) is 20.4 Å². The summed E-state index contributed by atoms with van der Waals surface area (Å²) in [5.41, 5.74) is 0.543. The molecule has 0 atom stereocenters. The number of H-pyrrole nitrogens is 1. The lowest BCUT2D eigenvalue weighted by molar-refractivity contribution is 0.596. The standard InChI is InChI=1S/C12H15N5O2S/c1-7-4-8(5-13-2)6-14-11(7)20-12-15-9(18)10(19)16-17(12)3/h4,6,13H,5H2,1-3H3,(H,16,19). The van der Waals surface area contributed by atoms with Crippen molar-refractivity contribution in [3.05, 3.63) is 44.1 Å². The van der Waals surface area contributed by atoms with Crippen molar-refractivity contribution in [2.24, 2.45) is 7.05 Å². The van der Waals surface area contributed by atoms with Crippen LogP contribution in [0.15, 0.2) is 32.0 Å². The smallest absolute Gasteiger partial charge is 0.316 e. The molecule has 2 heterocycles. The SMILES string of the molecule is CNCc1cnc(Sc2nc(=O)c(=O)[nH]n2C)c(C)c1. The van der Waals surface area contributed by atoms with Gasteiger partial charge in [-0.3, -0.25) is 19.4 Å². The molecular weight excluding hydrogens is 278 g/mol. The van der Waals surface area contributed by atoms with Gasteiger partial charge >= 0.3 is 11.1 Å². The number of aryl methyl sites for hydroxylation is 2. The van der Waals surface area contributed by atoms with Gasteiger partial charge in [0.15, 0.2) is 5.16 Å². The average molecular weight is 293 g/mol. The molecule has 2 aromatic rings. The summed E-state index contributed by atoms with van der Waals surface area (Å²) in [7, 11) is 3.50. The second-order valence-electron chi connectivity index (χ2n) is 4.30. The van der Waals surface area contributed by atoms with Gasteiger partial charge in [0, 0.05) is 19.8 Å². The molecule has 0 radical (unpaired) electrons. The average Bonchev–Trinajstić information content (AvgIpc) is 2.39. The van der Waals surface area contributed by atoms with Gasteiger partial charge in [0.05, 0.1) is 0 Å². The van der Waals surface area contributed by atoms with Gasteiger partial charge in [-0.1, -0.05) is 6.07 Å². The Labute approximate surface area is 119 Å². The minimum absolute atomic E-state index is 0.395. The van der Waals surface area contributed by atoms with Crippen molar-refractivity contribution in [2.75, 3.05) is 7.05 Å². The number of aromatic nitrogens is 4. The first-order valence-corrected chi connectivity index (χ1v) is 6.78. The molecule has 0 bridgehead atoms. The van der Waals surface area contributed by atoms with Crippen LogP contribution in [0, 0.1) is 6.92 Å². The fourth-order valence-electron chi connectivity index (χ4n) is 1.67. The van der Waals surface area contributed by atoms with Crippen molar-refractivity contribution in [1.82, 2.24) is 25.1 Å². The molecule has 0 aromatic carbocycles. The maximum Gasteiger partial charge on any atom is 0.339 e. The van der Waals surface area contributed by atoms with Crippen molar-refractivity contribution in [1.29, 1.82) is 0 Å². The Morgan fingerprint density at radius 3 is 2.85 bits per heavy atom. The van der Waals surface area contributed by atoms with Crippen LogP contribution in [-0.4, -0.2) is 26.8 Å². The van der Waals surface area contributed by atoms with Crippen LogP contribution in [0.5, 0.6) is 0 Å². The van der Waals surface area contributed by atoms with Crippen molar-refractivity contribution in [3.8, 4) is 0 Å². The van der Waals surface area contributed by atoms with Gasteiger partial charge in [0.2, 0.25) is 0 Å². The Balaban J connectivity index is 2.33. The molecule has 0 aliphatic carbocycles. The first kappa shape index (κ1) is 14.5. The summed E-state index contributed by atoms with van der Waals surface area (Å²) in [6, 6.07) is 2.02. The van der Waals surface area contributed by atoms with Gasteiger partial charge in [-0.2, -0.15) is 4.98 Å². The first-order chi connectivity index (χ1) is 9.51. The molecule has 0 aliphatic heterocycles. The van der Waals surface area contributed by atoms with Crippen LogP contribution in [0.25, 0.3) is 0 Å². The van der Waals surface area contributed by atoms with E-state index in [0.29, 0.717) is 5.16 Å². The molecular formula is C12H15N5O2S. The number of hydrogen-bond donors (Lipinski definition) is 2. The third-order valence-electron chi connectivity index (χ3n) is 2.60. The Hall–Kier alpha value is -1.93. The summed E-state index contributed by atoms with van der Waals surface area (Å²) in [5.74, 6) is 0. The monoisotopic (exact) mass is 293 g/mol. The van der Waals surface area contributed by atoms with Crippen LogP contribution < -0.4 is 16.4 Å². The third kappa shape index (κ3) is 3.14. The summed E-state index contributed by atoms with van der Waals surface area (Å²) in [6.45, 7) is 2.69. The van der Waals surface area contributed by atoms with E-state index in [9.17, 15) is 9.59 Å². The van der Waals surface area contributed by atoms with Crippen LogP contribution in [0.2, 0.25) is 0 Å². The number of hydrogen-bond acceptors (Lipinski definition) is 6. The molecule has 0 aliphatic rings. The predicted molar refractivity (Wildman–Crippen MR) is 76.0 cm³/mol. The number of pyridine rings is 1. The molecule has 0 saturated heterocycles. The largest absolute Gasteiger partial charge is 0.339 e. The zero-order valence-electron chi connectivity index (χ0n) is 11.4. The van der Waals surface area contributed by atoms with Gasteiger partial charge < -0.3 is 5.32 Å². The maximum absolute atomic E-state index is 11.3. The molecule has 0 amide bonds. The maximum atomic E-state index is 11.3. The molecule has 0 unspecified atom stereocenters. The lowest BCUT2D eigenvalue weighted by Gasteiger charge is -2.08. The molecule has 20 heavy (non-hydrogen) atoms. The van der Waals surface area contributed by atoms with Gasteiger partial charge in [-0.25, -0.2) is 4.98 Å². The van der Waals surface area contributed by atoms with E-state index in [0.717, 1.165) is 22.7 Å². The van der Waals surface area contributed by atoms with Crippen LogP contribution in [0.3, 0.4) is 0 Å². The molecule has 106 valence electrons. The van der Waals surface area contributed by atoms with E-state index >= 15 is 0 Å². The first-order valence-electron chi connectivity index (χ1n) is 5.96. The van der Waals surface area contributed by atoms with E-state index in [-0.39, 0.29) is 0 Å². The number of nitrogens with one attached hydrogen (secondary N) is 2. The van der Waals surface area contributed by atoms with Crippen molar-refractivity contribution in [2.45, 2.75) is 23.7 Å². The normalized spacial score (nSPS) is 10.8. The third-order valence-corrected chi connectivity index (χ3v) is 3.77. The Morgan fingerprint density at radius 1 is 1.45 bits per heavy atom. The van der Waals surface area contributed by atoms with Crippen LogP contribution in [0.1, 0.15) is 11.1 Å². The molecule has 0 fully saturated rings. The second kappa shape index (κ2) is 6.02. The van der Waals surface area contributed by atoms with Gasteiger partial charge in [0.25, 0.3) is 0 Å². The highest BCUT2D eigenvalue weighted by molar-refractivity contribution is 7.99. The zero-order chi connectivity index (χ0) is 14.7. The molecule has 7 nitrogen and oxygen atoms in total. The van der Waals surface area contributed by atoms with Gasteiger partial charge in [-0.15, -0.1) is 0 Å². The van der Waals surface area contributed by atoms with Crippen molar-refractivity contribution >= 4 is 11.8 Å². The topological polar surface area (TPSA) is 92.7 Å². The van der Waals surface area contributed by atoms with E-state index in [4.69, 9.17) is 0 Å². The summed E-state index contributed by atoms with van der Waals surface area (Å²) < 4.78 is 1.41. The Morgan fingerprint density at radius 2 is 2.20 bits per heavy atom. The van der Waals surface area contributed by atoms with E-state index in [1.165, 1.54) is 16.4 Å². The van der Waals surface area contributed by atoms with Crippen molar-refractivity contribution < 1.29 is 0 Å². The lowest BCUT2D eigenvalue weighted by atomic mass is 10.2. The highest BCUT2D eigenvalue weighted by Crippen LogP contribution is 2.25. The quantitative estimate of drug-likeness (QED) is 0.773. The summed E-state index contributed by atoms with van der Waals surface area (Å²) >= 11 is 1.24. The Bertz CT molecular complexity index is 737. The van der Waals surface area contributed by atoms with Crippen LogP contribution in [-0.2, 0) is 13.6 Å². The fraction of sp³-hybridized carbons (Fsp3) is 0.333. The predicted octanol–water partition coefficient (Wildman–Crippen LogP) is 0.0426. The van der Waals surface area contributed by atoms with Crippen molar-refractivity contribution in [3.63, 3.8) is 0 Å². The highest BCUT2D eigenvalue weighted by Gasteiger charge is 2.09. The summed E-state index contributed by atoms with van der Waals surface area (Å²) in [5, 5.41) is 6.61. The number of nitrogens with zero attached hydrogens (tertiary/aromatic N) is 3. The van der Waals surface area contributed by atoms with Crippen LogP contribution >= 0.6 is 11.8 Å². The van der Waals surface area contributed by atoms with E-state index in [1.54, 1.807) is 13.2 Å². The fourth-order valence-corrected chi connectivity index (χ4v) is 2.48. The molecule has 0 spiro atoms. The number of rotatable bonds is 4. The van der Waals surface area contributed by atoms with Gasteiger partial charge in [0.1, 0.15) is 5.03 Å². The molecule has 0 saturated carbocycles. The minimum Gasteiger partial charge on any atom is -0.316 e.